The van der Waals surface area contributed by atoms with Gasteiger partial charge in [0.05, 0.1) is 0 Å². The Kier molecular flexibility index (Phi) is 5.93. The molecule has 1 aromatic carbocycles. The standard InChI is InChI=1S/C19H21NO8/c1-10(21)24-9-14-16(25-11(2)22)17(26-12(3)23)15-19(27-14)28-18(20-15)13-7-5-4-6-8-13/h4-8,14-17,19H,9H2,1-3H3/t14-,15-,16-,17-,19-/m1/s1. The summed E-state index contributed by atoms with van der Waals surface area (Å²) < 4.78 is 27.4. The van der Waals surface area contributed by atoms with Crippen LogP contribution in [-0.2, 0) is 38.1 Å². The second-order valence-corrected chi connectivity index (χ2v) is 6.40. The molecule has 0 aromatic heterocycles. The van der Waals surface area contributed by atoms with Crippen LogP contribution < -0.4 is 0 Å². The van der Waals surface area contributed by atoms with E-state index in [2.05, 4.69) is 4.99 Å². The van der Waals surface area contributed by atoms with Gasteiger partial charge in [-0.3, -0.25) is 14.4 Å². The lowest BCUT2D eigenvalue weighted by molar-refractivity contribution is -0.249. The van der Waals surface area contributed by atoms with E-state index in [0.717, 1.165) is 5.56 Å². The van der Waals surface area contributed by atoms with Gasteiger partial charge in [0.2, 0.25) is 12.2 Å². The minimum absolute atomic E-state index is 0.196. The van der Waals surface area contributed by atoms with Crippen LogP contribution in [0.15, 0.2) is 35.3 Å². The van der Waals surface area contributed by atoms with E-state index in [9.17, 15) is 14.4 Å². The van der Waals surface area contributed by atoms with Gasteiger partial charge in [0.25, 0.3) is 0 Å². The second kappa shape index (κ2) is 8.39. The van der Waals surface area contributed by atoms with Crippen molar-refractivity contribution in [2.24, 2.45) is 4.99 Å². The van der Waals surface area contributed by atoms with Crippen LogP contribution in [0.5, 0.6) is 0 Å². The first kappa shape index (κ1) is 19.8. The highest BCUT2D eigenvalue weighted by molar-refractivity contribution is 5.95. The second-order valence-electron chi connectivity index (χ2n) is 6.40. The van der Waals surface area contributed by atoms with Crippen molar-refractivity contribution in [1.82, 2.24) is 0 Å². The molecule has 1 fully saturated rings. The predicted octanol–water partition coefficient (Wildman–Crippen LogP) is 0.983. The van der Waals surface area contributed by atoms with Crippen LogP contribution in [0.2, 0.25) is 0 Å². The number of esters is 3. The van der Waals surface area contributed by atoms with Crippen molar-refractivity contribution in [2.75, 3.05) is 6.61 Å². The molecule has 0 unspecified atom stereocenters. The molecule has 1 saturated heterocycles. The first-order valence-corrected chi connectivity index (χ1v) is 8.78. The molecule has 0 spiro atoms. The Labute approximate surface area is 161 Å². The third-order valence-electron chi connectivity index (χ3n) is 4.18. The highest BCUT2D eigenvalue weighted by Crippen LogP contribution is 2.33. The summed E-state index contributed by atoms with van der Waals surface area (Å²) in [6.07, 6.45) is -3.73. The Morgan fingerprint density at radius 2 is 1.61 bits per heavy atom. The molecule has 150 valence electrons. The molecule has 9 nitrogen and oxygen atoms in total. The van der Waals surface area contributed by atoms with Crippen LogP contribution >= 0.6 is 0 Å². The fourth-order valence-corrected chi connectivity index (χ4v) is 3.12. The molecule has 0 aliphatic carbocycles. The molecule has 0 bridgehead atoms. The van der Waals surface area contributed by atoms with Gasteiger partial charge in [0.15, 0.2) is 18.2 Å². The summed E-state index contributed by atoms with van der Waals surface area (Å²) >= 11 is 0. The van der Waals surface area contributed by atoms with Gasteiger partial charge in [-0.2, -0.15) is 0 Å². The summed E-state index contributed by atoms with van der Waals surface area (Å²) in [5.74, 6) is -1.37. The van der Waals surface area contributed by atoms with Crippen LogP contribution in [0, 0.1) is 0 Å². The Morgan fingerprint density at radius 1 is 0.964 bits per heavy atom. The van der Waals surface area contributed by atoms with E-state index in [1.54, 1.807) is 0 Å². The summed E-state index contributed by atoms with van der Waals surface area (Å²) in [5.41, 5.74) is 0.725. The van der Waals surface area contributed by atoms with Gasteiger partial charge in [-0.25, -0.2) is 4.99 Å². The largest absolute Gasteiger partial charge is 0.463 e. The number of hydrogen-bond acceptors (Lipinski definition) is 9. The van der Waals surface area contributed by atoms with Crippen LogP contribution in [-0.4, -0.2) is 61.1 Å². The number of carbonyl (C=O) groups excluding carboxylic acids is 3. The normalized spacial score (nSPS) is 28.4. The van der Waals surface area contributed by atoms with Crippen LogP contribution in [0.3, 0.4) is 0 Å². The Hall–Kier alpha value is -2.94. The van der Waals surface area contributed by atoms with Gasteiger partial charge in [-0.15, -0.1) is 0 Å². The number of rotatable bonds is 5. The van der Waals surface area contributed by atoms with E-state index in [1.807, 2.05) is 30.3 Å². The lowest BCUT2D eigenvalue weighted by atomic mass is 9.97. The number of ether oxygens (including phenoxy) is 5. The molecule has 0 radical (unpaired) electrons. The molecule has 2 heterocycles. The number of fused-ring (bicyclic) bond motifs is 1. The Balaban J connectivity index is 1.91. The monoisotopic (exact) mass is 391 g/mol. The molecule has 9 heteroatoms. The van der Waals surface area contributed by atoms with Crippen molar-refractivity contribution >= 4 is 23.8 Å². The average Bonchev–Trinajstić information content (AvgIpc) is 3.06. The molecular formula is C19H21NO8. The van der Waals surface area contributed by atoms with E-state index in [0.29, 0.717) is 5.90 Å². The van der Waals surface area contributed by atoms with Gasteiger partial charge in [0.1, 0.15) is 12.7 Å². The molecule has 2 aliphatic heterocycles. The lowest BCUT2D eigenvalue weighted by Crippen LogP contribution is -2.60. The van der Waals surface area contributed by atoms with Gasteiger partial charge in [-0.1, -0.05) is 18.2 Å². The van der Waals surface area contributed by atoms with Gasteiger partial charge in [-0.05, 0) is 12.1 Å². The average molecular weight is 391 g/mol. The third kappa shape index (κ3) is 4.48. The van der Waals surface area contributed by atoms with Crippen molar-refractivity contribution < 1.29 is 38.1 Å². The van der Waals surface area contributed by atoms with Crippen molar-refractivity contribution in [3.05, 3.63) is 35.9 Å². The summed E-state index contributed by atoms with van der Waals surface area (Å²) in [6.45, 7) is 3.52. The maximum absolute atomic E-state index is 11.7. The zero-order valence-electron chi connectivity index (χ0n) is 15.7. The molecule has 1 aromatic rings. The van der Waals surface area contributed by atoms with Crippen molar-refractivity contribution in [2.45, 2.75) is 51.4 Å². The molecule has 3 rings (SSSR count). The highest BCUT2D eigenvalue weighted by atomic mass is 16.7. The Bertz CT molecular complexity index is 777. The highest BCUT2D eigenvalue weighted by Gasteiger charge is 2.54. The lowest BCUT2D eigenvalue weighted by Gasteiger charge is -2.40. The number of carbonyl (C=O) groups is 3. The fraction of sp³-hybridized carbons (Fsp3) is 0.474. The van der Waals surface area contributed by atoms with E-state index < -0.39 is 48.6 Å². The third-order valence-corrected chi connectivity index (χ3v) is 4.18. The van der Waals surface area contributed by atoms with Crippen molar-refractivity contribution in [1.29, 1.82) is 0 Å². The predicted molar refractivity (Wildman–Crippen MR) is 94.3 cm³/mol. The van der Waals surface area contributed by atoms with Crippen LogP contribution in [0.4, 0.5) is 0 Å². The topological polar surface area (TPSA) is 110 Å². The molecular weight excluding hydrogens is 370 g/mol. The fourth-order valence-electron chi connectivity index (χ4n) is 3.12. The summed E-state index contributed by atoms with van der Waals surface area (Å²) in [7, 11) is 0. The van der Waals surface area contributed by atoms with E-state index in [4.69, 9.17) is 23.7 Å². The molecule has 5 atom stereocenters. The Morgan fingerprint density at radius 3 is 2.21 bits per heavy atom. The molecule has 28 heavy (non-hydrogen) atoms. The van der Waals surface area contributed by atoms with E-state index in [1.165, 1.54) is 20.8 Å². The van der Waals surface area contributed by atoms with Crippen molar-refractivity contribution in [3.8, 4) is 0 Å². The maximum Gasteiger partial charge on any atom is 0.303 e. The minimum atomic E-state index is -1.01. The SMILES string of the molecule is CC(=O)OC[C@H]1O[C@@H]2OC(c3ccccc3)=N[C@@H]2[C@@H](OC(C)=O)[C@@H]1OC(C)=O. The quantitative estimate of drug-likeness (QED) is 0.540. The zero-order chi connectivity index (χ0) is 20.3. The van der Waals surface area contributed by atoms with Gasteiger partial charge >= 0.3 is 17.9 Å². The van der Waals surface area contributed by atoms with E-state index >= 15 is 0 Å². The van der Waals surface area contributed by atoms with Gasteiger partial charge in [0, 0.05) is 26.3 Å². The number of benzene rings is 1. The first-order chi connectivity index (χ1) is 13.3. The van der Waals surface area contributed by atoms with Crippen molar-refractivity contribution in [3.63, 3.8) is 0 Å². The van der Waals surface area contributed by atoms with E-state index in [-0.39, 0.29) is 6.61 Å². The smallest absolute Gasteiger partial charge is 0.303 e. The van der Waals surface area contributed by atoms with Gasteiger partial charge < -0.3 is 23.7 Å². The summed E-state index contributed by atoms with van der Waals surface area (Å²) in [6, 6.07) is 8.42. The number of aliphatic imine (C=N–C) groups is 1. The van der Waals surface area contributed by atoms with Crippen LogP contribution in [0.1, 0.15) is 26.3 Å². The molecule has 0 saturated carbocycles. The number of nitrogens with zero attached hydrogens (tertiary/aromatic N) is 1. The minimum Gasteiger partial charge on any atom is -0.463 e. The maximum atomic E-state index is 11.7. The first-order valence-electron chi connectivity index (χ1n) is 8.78. The molecule has 0 amide bonds. The molecule has 0 N–H and O–H groups in total. The van der Waals surface area contributed by atoms with Crippen LogP contribution in [0.25, 0.3) is 0 Å². The zero-order valence-corrected chi connectivity index (χ0v) is 15.7. The summed E-state index contributed by atoms with van der Waals surface area (Å²) in [4.78, 5) is 39.0. The summed E-state index contributed by atoms with van der Waals surface area (Å²) in [5, 5.41) is 0. The molecule has 2 aliphatic rings. The number of hydrogen-bond donors (Lipinski definition) is 0.